The lowest BCUT2D eigenvalue weighted by molar-refractivity contribution is 0.370. The van der Waals surface area contributed by atoms with Gasteiger partial charge in [0, 0.05) is 26.2 Å². The van der Waals surface area contributed by atoms with Crippen molar-refractivity contribution in [3.63, 3.8) is 0 Å². The van der Waals surface area contributed by atoms with Crippen LogP contribution in [0, 0.1) is 11.2 Å². The van der Waals surface area contributed by atoms with Gasteiger partial charge in [0.2, 0.25) is 0 Å². The maximum Gasteiger partial charge on any atom is 0.193 e. The van der Waals surface area contributed by atoms with Crippen molar-refractivity contribution in [2.24, 2.45) is 10.4 Å². The molecule has 0 atom stereocenters. The zero-order valence-corrected chi connectivity index (χ0v) is 13.3. The minimum absolute atomic E-state index is 0.139. The Hall–Kier alpha value is -1.58. The van der Waals surface area contributed by atoms with Gasteiger partial charge in [-0.3, -0.25) is 4.99 Å². The first-order valence-electron chi connectivity index (χ1n) is 7.78. The molecule has 116 valence electrons. The lowest BCUT2D eigenvalue weighted by Crippen LogP contribution is -2.40. The number of guanidine groups is 1. The number of likely N-dealkylation sites (tertiary alicyclic amines) is 1. The summed E-state index contributed by atoms with van der Waals surface area (Å²) in [6, 6.07) is 6.93. The van der Waals surface area contributed by atoms with E-state index < -0.39 is 0 Å². The molecule has 0 aliphatic carbocycles. The Morgan fingerprint density at radius 1 is 1.38 bits per heavy atom. The van der Waals surface area contributed by atoms with Crippen LogP contribution in [0.5, 0.6) is 0 Å². The summed E-state index contributed by atoms with van der Waals surface area (Å²) in [7, 11) is 0. The second-order valence-electron chi connectivity index (χ2n) is 6.41. The molecule has 0 saturated carbocycles. The molecular weight excluding hydrogens is 265 g/mol. The Morgan fingerprint density at radius 3 is 2.76 bits per heavy atom. The first-order chi connectivity index (χ1) is 10.0. The van der Waals surface area contributed by atoms with E-state index in [1.54, 1.807) is 6.07 Å². The van der Waals surface area contributed by atoms with Gasteiger partial charge in [-0.05, 0) is 36.8 Å². The van der Waals surface area contributed by atoms with Gasteiger partial charge in [0.05, 0.1) is 0 Å². The second-order valence-corrected chi connectivity index (χ2v) is 6.41. The maximum absolute atomic E-state index is 13.6. The highest BCUT2D eigenvalue weighted by atomic mass is 19.1. The molecule has 1 saturated heterocycles. The highest BCUT2D eigenvalue weighted by molar-refractivity contribution is 5.80. The Kier molecular flexibility index (Phi) is 5.21. The van der Waals surface area contributed by atoms with E-state index in [0.717, 1.165) is 31.2 Å². The number of benzene rings is 1. The first kappa shape index (κ1) is 15.8. The molecule has 21 heavy (non-hydrogen) atoms. The minimum Gasteiger partial charge on any atom is -0.357 e. The molecule has 1 aliphatic rings. The standard InChI is InChI=1S/C17H26FN3/c1-4-19-16(21-12-10-17(2,3)13-21)20-11-9-14-7-5-6-8-15(14)18/h5-8H,4,9-13H2,1-3H3,(H,19,20). The summed E-state index contributed by atoms with van der Waals surface area (Å²) < 4.78 is 13.6. The summed E-state index contributed by atoms with van der Waals surface area (Å²) in [4.78, 5) is 6.97. The molecular formula is C17H26FN3. The number of hydrogen-bond acceptors (Lipinski definition) is 1. The molecule has 1 fully saturated rings. The predicted molar refractivity (Wildman–Crippen MR) is 86.1 cm³/mol. The van der Waals surface area contributed by atoms with Crippen molar-refractivity contribution in [2.45, 2.75) is 33.6 Å². The molecule has 0 radical (unpaired) electrons. The van der Waals surface area contributed by atoms with Crippen LogP contribution >= 0.6 is 0 Å². The van der Waals surface area contributed by atoms with Gasteiger partial charge in [-0.2, -0.15) is 0 Å². The lowest BCUT2D eigenvalue weighted by Gasteiger charge is -2.23. The Bertz CT molecular complexity index is 497. The number of nitrogens with zero attached hydrogens (tertiary/aromatic N) is 2. The number of halogens is 1. The number of nitrogens with one attached hydrogen (secondary N) is 1. The van der Waals surface area contributed by atoms with Crippen LogP contribution in [0.2, 0.25) is 0 Å². The molecule has 4 heteroatoms. The molecule has 3 nitrogen and oxygen atoms in total. The SMILES string of the molecule is CCNC(=NCCc1ccccc1F)N1CCC(C)(C)C1. The van der Waals surface area contributed by atoms with Gasteiger partial charge in [0.15, 0.2) is 5.96 Å². The summed E-state index contributed by atoms with van der Waals surface area (Å²) in [6.07, 6.45) is 1.82. The van der Waals surface area contributed by atoms with E-state index >= 15 is 0 Å². The van der Waals surface area contributed by atoms with Crippen molar-refractivity contribution in [3.8, 4) is 0 Å². The van der Waals surface area contributed by atoms with Crippen molar-refractivity contribution >= 4 is 5.96 Å². The Labute approximate surface area is 127 Å². The summed E-state index contributed by atoms with van der Waals surface area (Å²) in [6.45, 7) is 10.2. The third-order valence-corrected chi connectivity index (χ3v) is 3.91. The third-order valence-electron chi connectivity index (χ3n) is 3.91. The largest absolute Gasteiger partial charge is 0.357 e. The van der Waals surface area contributed by atoms with Crippen molar-refractivity contribution in [1.29, 1.82) is 0 Å². The molecule has 1 heterocycles. The predicted octanol–water partition coefficient (Wildman–Crippen LogP) is 3.07. The summed E-state index contributed by atoms with van der Waals surface area (Å²) in [5.41, 5.74) is 1.08. The zero-order chi connectivity index (χ0) is 15.3. The van der Waals surface area contributed by atoms with E-state index in [-0.39, 0.29) is 5.82 Å². The normalized spacial score (nSPS) is 18.1. The van der Waals surface area contributed by atoms with Crippen LogP contribution in [-0.2, 0) is 6.42 Å². The average Bonchev–Trinajstić information content (AvgIpc) is 2.80. The highest BCUT2D eigenvalue weighted by Crippen LogP contribution is 2.28. The number of rotatable bonds is 4. The van der Waals surface area contributed by atoms with E-state index in [1.807, 2.05) is 12.1 Å². The van der Waals surface area contributed by atoms with E-state index in [9.17, 15) is 4.39 Å². The molecule has 0 bridgehead atoms. The van der Waals surface area contributed by atoms with Crippen LogP contribution in [-0.4, -0.2) is 37.0 Å². The van der Waals surface area contributed by atoms with Gasteiger partial charge in [0.1, 0.15) is 5.82 Å². The van der Waals surface area contributed by atoms with Crippen LogP contribution in [0.1, 0.15) is 32.8 Å². The minimum atomic E-state index is -0.139. The van der Waals surface area contributed by atoms with Crippen molar-refractivity contribution in [3.05, 3.63) is 35.6 Å². The third kappa shape index (κ3) is 4.45. The van der Waals surface area contributed by atoms with Crippen LogP contribution < -0.4 is 5.32 Å². The first-order valence-corrected chi connectivity index (χ1v) is 7.78. The van der Waals surface area contributed by atoms with E-state index in [4.69, 9.17) is 0 Å². The van der Waals surface area contributed by atoms with Crippen LogP contribution in [0.25, 0.3) is 0 Å². The van der Waals surface area contributed by atoms with Gasteiger partial charge in [-0.15, -0.1) is 0 Å². The molecule has 1 aliphatic heterocycles. The van der Waals surface area contributed by atoms with Gasteiger partial charge in [0.25, 0.3) is 0 Å². The van der Waals surface area contributed by atoms with Crippen LogP contribution in [0.3, 0.4) is 0 Å². The molecule has 2 rings (SSSR count). The molecule has 0 amide bonds. The molecule has 1 N–H and O–H groups in total. The Balaban J connectivity index is 1.97. The van der Waals surface area contributed by atoms with Crippen LogP contribution in [0.15, 0.2) is 29.3 Å². The summed E-state index contributed by atoms with van der Waals surface area (Å²) in [5, 5.41) is 3.35. The molecule has 0 unspecified atom stereocenters. The Morgan fingerprint density at radius 2 is 2.14 bits per heavy atom. The van der Waals surface area contributed by atoms with Crippen molar-refractivity contribution in [1.82, 2.24) is 10.2 Å². The fourth-order valence-electron chi connectivity index (χ4n) is 2.70. The maximum atomic E-state index is 13.6. The topological polar surface area (TPSA) is 27.6 Å². The summed E-state index contributed by atoms with van der Waals surface area (Å²) >= 11 is 0. The smallest absolute Gasteiger partial charge is 0.193 e. The fraction of sp³-hybridized carbons (Fsp3) is 0.588. The molecule has 1 aromatic carbocycles. The van der Waals surface area contributed by atoms with Crippen molar-refractivity contribution < 1.29 is 4.39 Å². The molecule has 0 aromatic heterocycles. The number of hydrogen-bond donors (Lipinski definition) is 1. The van der Waals surface area contributed by atoms with Gasteiger partial charge < -0.3 is 10.2 Å². The van der Waals surface area contributed by atoms with Gasteiger partial charge in [-0.25, -0.2) is 4.39 Å². The second kappa shape index (κ2) is 6.92. The highest BCUT2D eigenvalue weighted by Gasteiger charge is 2.30. The van der Waals surface area contributed by atoms with E-state index in [1.165, 1.54) is 12.5 Å². The number of aliphatic imine (C=N–C) groups is 1. The monoisotopic (exact) mass is 291 g/mol. The van der Waals surface area contributed by atoms with Crippen molar-refractivity contribution in [2.75, 3.05) is 26.2 Å². The van der Waals surface area contributed by atoms with E-state index in [2.05, 4.69) is 36.0 Å². The lowest BCUT2D eigenvalue weighted by atomic mass is 9.93. The quantitative estimate of drug-likeness (QED) is 0.682. The average molecular weight is 291 g/mol. The summed E-state index contributed by atoms with van der Waals surface area (Å²) in [5.74, 6) is 0.819. The molecule has 1 aromatic rings. The zero-order valence-electron chi connectivity index (χ0n) is 13.3. The van der Waals surface area contributed by atoms with Gasteiger partial charge in [-0.1, -0.05) is 32.0 Å². The fourth-order valence-corrected chi connectivity index (χ4v) is 2.70. The van der Waals surface area contributed by atoms with Crippen LogP contribution in [0.4, 0.5) is 4.39 Å². The molecule has 0 spiro atoms. The van der Waals surface area contributed by atoms with Gasteiger partial charge >= 0.3 is 0 Å². The van der Waals surface area contributed by atoms with E-state index in [0.29, 0.717) is 18.4 Å².